The Kier molecular flexibility index (Phi) is 11.3. The first-order valence-corrected chi connectivity index (χ1v) is 17.9. The number of anilines is 1. The van der Waals surface area contributed by atoms with E-state index in [-0.39, 0.29) is 35.8 Å². The Morgan fingerprint density at radius 2 is 1.37 bits per heavy atom. The fourth-order valence-corrected chi connectivity index (χ4v) is 7.70. The van der Waals surface area contributed by atoms with Crippen molar-refractivity contribution in [3.8, 4) is 17.2 Å². The lowest BCUT2D eigenvalue weighted by Gasteiger charge is -2.22. The van der Waals surface area contributed by atoms with E-state index in [2.05, 4.69) is 5.32 Å². The molecule has 4 aromatic carbocycles. The van der Waals surface area contributed by atoms with E-state index in [0.29, 0.717) is 29.9 Å². The standard InChI is InChI=1S/C38H36N2O9S2/c1-22-5-3-6-25(17-22)30(41)20-48-26-15-11-24(12-16-26)19-33-36(44)40(38(46)51-33)29-8-4-7-28(34(29)47-2)31(42)21-49-27-13-9-23(10-14-27)18-32-35(43)39-37(45)50-32/h3-17,30-33,41-42H,18-21H2,1-2H3,(H,39,43,45)/t30-,31-,32?,33?/m0/s1. The number of rotatable bonds is 14. The molecule has 13 heteroatoms. The number of hydrogen-bond acceptors (Lipinski definition) is 11. The number of benzene rings is 4. The van der Waals surface area contributed by atoms with Gasteiger partial charge in [-0.3, -0.25) is 24.5 Å². The Hall–Kier alpha value is -4.82. The van der Waals surface area contributed by atoms with Gasteiger partial charge in [0.05, 0.1) is 23.3 Å². The normalized spacial score (nSPS) is 18.5. The van der Waals surface area contributed by atoms with Gasteiger partial charge in [0.15, 0.2) is 0 Å². The summed E-state index contributed by atoms with van der Waals surface area (Å²) >= 11 is 1.90. The van der Waals surface area contributed by atoms with Crippen LogP contribution in [0.4, 0.5) is 15.3 Å². The van der Waals surface area contributed by atoms with Crippen LogP contribution in [0.3, 0.4) is 0 Å². The first-order chi connectivity index (χ1) is 24.6. The number of para-hydroxylation sites is 1. The van der Waals surface area contributed by atoms with Crippen LogP contribution in [0.25, 0.3) is 0 Å². The lowest BCUT2D eigenvalue weighted by Crippen LogP contribution is -2.32. The van der Waals surface area contributed by atoms with Crippen molar-refractivity contribution in [1.82, 2.24) is 5.32 Å². The third-order valence-electron chi connectivity index (χ3n) is 8.45. The molecule has 0 spiro atoms. The number of nitrogens with zero attached hydrogens (tertiary/aromatic N) is 1. The molecule has 3 N–H and O–H groups in total. The van der Waals surface area contributed by atoms with Crippen molar-refractivity contribution in [2.45, 2.75) is 42.5 Å². The van der Waals surface area contributed by atoms with E-state index in [1.54, 1.807) is 54.6 Å². The molecular weight excluding hydrogens is 693 g/mol. The van der Waals surface area contributed by atoms with Gasteiger partial charge >= 0.3 is 0 Å². The van der Waals surface area contributed by atoms with Gasteiger partial charge in [-0.2, -0.15) is 0 Å². The minimum absolute atomic E-state index is 0.0882. The highest BCUT2D eigenvalue weighted by atomic mass is 32.2. The average molecular weight is 729 g/mol. The van der Waals surface area contributed by atoms with Crippen molar-refractivity contribution in [1.29, 1.82) is 0 Å². The van der Waals surface area contributed by atoms with Crippen molar-refractivity contribution in [3.05, 3.63) is 119 Å². The van der Waals surface area contributed by atoms with Gasteiger partial charge in [-0.1, -0.05) is 89.8 Å². The molecular formula is C38H36N2O9S2. The largest absolute Gasteiger partial charge is 0.494 e. The monoisotopic (exact) mass is 728 g/mol. The Balaban J connectivity index is 1.05. The molecule has 4 aromatic rings. The van der Waals surface area contributed by atoms with E-state index >= 15 is 0 Å². The number of amides is 4. The quantitative estimate of drug-likeness (QED) is 0.142. The second-order valence-corrected chi connectivity index (χ2v) is 14.4. The Morgan fingerprint density at radius 1 is 0.765 bits per heavy atom. The van der Waals surface area contributed by atoms with Crippen molar-refractivity contribution >= 4 is 51.5 Å². The van der Waals surface area contributed by atoms with E-state index < -0.39 is 33.9 Å². The molecule has 0 aliphatic carbocycles. The van der Waals surface area contributed by atoms with Crippen LogP contribution in [0, 0.1) is 6.92 Å². The van der Waals surface area contributed by atoms with Gasteiger partial charge in [-0.15, -0.1) is 0 Å². The second-order valence-electron chi connectivity index (χ2n) is 12.1. The molecule has 4 atom stereocenters. The highest BCUT2D eigenvalue weighted by molar-refractivity contribution is 8.16. The summed E-state index contributed by atoms with van der Waals surface area (Å²) < 4.78 is 17.2. The summed E-state index contributed by atoms with van der Waals surface area (Å²) in [6.07, 6.45) is -1.23. The van der Waals surface area contributed by atoms with E-state index in [1.165, 1.54) is 7.11 Å². The van der Waals surface area contributed by atoms with E-state index in [4.69, 9.17) is 14.2 Å². The summed E-state index contributed by atoms with van der Waals surface area (Å²) in [6.45, 7) is 1.91. The lowest BCUT2D eigenvalue weighted by molar-refractivity contribution is -0.119. The van der Waals surface area contributed by atoms with Crippen LogP contribution in [0.2, 0.25) is 0 Å². The Bertz CT molecular complexity index is 1920. The summed E-state index contributed by atoms with van der Waals surface area (Å²) in [7, 11) is 1.41. The number of aryl methyl sites for hydroxylation is 1. The van der Waals surface area contributed by atoms with Crippen molar-refractivity contribution < 1.29 is 43.6 Å². The van der Waals surface area contributed by atoms with Gasteiger partial charge in [-0.05, 0) is 66.8 Å². The van der Waals surface area contributed by atoms with Gasteiger partial charge in [0, 0.05) is 5.56 Å². The fourth-order valence-electron chi connectivity index (χ4n) is 5.82. The minimum atomic E-state index is -1.15. The third-order valence-corrected chi connectivity index (χ3v) is 10.5. The highest BCUT2D eigenvalue weighted by Gasteiger charge is 2.42. The third kappa shape index (κ3) is 8.56. The fraction of sp³-hybridized carbons (Fsp3) is 0.263. The summed E-state index contributed by atoms with van der Waals surface area (Å²) in [5.74, 6) is 0.535. The molecule has 6 rings (SSSR count). The molecule has 51 heavy (non-hydrogen) atoms. The average Bonchev–Trinajstić information content (AvgIpc) is 3.60. The first kappa shape index (κ1) is 36.0. The van der Waals surface area contributed by atoms with Crippen LogP contribution in [-0.4, -0.2) is 63.3 Å². The lowest BCUT2D eigenvalue weighted by atomic mass is 10.1. The molecule has 2 heterocycles. The van der Waals surface area contributed by atoms with Crippen LogP contribution in [-0.2, 0) is 22.4 Å². The molecule has 4 amide bonds. The molecule has 0 radical (unpaired) electrons. The van der Waals surface area contributed by atoms with Crippen LogP contribution in [0.1, 0.15) is 40.0 Å². The zero-order valence-electron chi connectivity index (χ0n) is 27.8. The molecule has 2 aliphatic heterocycles. The van der Waals surface area contributed by atoms with Crippen LogP contribution < -0.4 is 24.4 Å². The maximum absolute atomic E-state index is 13.6. The number of thioether (sulfide) groups is 2. The molecule has 0 bridgehead atoms. The minimum Gasteiger partial charge on any atom is -0.494 e. The summed E-state index contributed by atoms with van der Waals surface area (Å²) in [4.78, 5) is 51.2. The number of imide groups is 2. The van der Waals surface area contributed by atoms with Gasteiger partial charge in [0.25, 0.3) is 10.5 Å². The number of aliphatic hydroxyl groups excluding tert-OH is 2. The first-order valence-electron chi connectivity index (χ1n) is 16.2. The molecule has 2 unspecified atom stereocenters. The molecule has 0 saturated carbocycles. The Labute approximate surface area is 303 Å². The summed E-state index contributed by atoms with van der Waals surface area (Å²) in [5, 5.41) is 21.9. The van der Waals surface area contributed by atoms with Crippen molar-refractivity contribution in [2.24, 2.45) is 0 Å². The number of hydrogen-bond donors (Lipinski definition) is 3. The van der Waals surface area contributed by atoms with Gasteiger partial charge in [0.2, 0.25) is 11.8 Å². The van der Waals surface area contributed by atoms with Gasteiger partial charge in [-0.25, -0.2) is 4.90 Å². The molecule has 2 saturated heterocycles. The number of nitrogens with one attached hydrogen (secondary N) is 1. The molecule has 11 nitrogen and oxygen atoms in total. The smallest absolute Gasteiger partial charge is 0.293 e. The Morgan fingerprint density at radius 3 is 1.96 bits per heavy atom. The number of methoxy groups -OCH3 is 1. The topological polar surface area (TPSA) is 152 Å². The number of carbonyl (C=O) groups is 4. The van der Waals surface area contributed by atoms with Crippen LogP contribution in [0.5, 0.6) is 17.2 Å². The summed E-state index contributed by atoms with van der Waals surface area (Å²) in [5.41, 5.74) is 4.09. The van der Waals surface area contributed by atoms with E-state index in [9.17, 15) is 29.4 Å². The van der Waals surface area contributed by atoms with Crippen molar-refractivity contribution in [2.75, 3.05) is 25.2 Å². The van der Waals surface area contributed by atoms with Crippen LogP contribution in [0.15, 0.2) is 91.0 Å². The van der Waals surface area contributed by atoms with E-state index in [0.717, 1.165) is 50.7 Å². The zero-order valence-corrected chi connectivity index (χ0v) is 29.4. The SMILES string of the molecule is COc1c([C@@H](O)COc2ccc(CC3SC(=O)NC3=O)cc2)cccc1N1C(=O)SC(Cc2ccc(OC[C@H](O)c3cccc(C)c3)cc2)C1=O. The molecule has 0 aromatic heterocycles. The summed E-state index contributed by atoms with van der Waals surface area (Å²) in [6, 6.07) is 26.7. The van der Waals surface area contributed by atoms with Gasteiger partial charge < -0.3 is 24.4 Å². The zero-order chi connectivity index (χ0) is 36.1. The predicted molar refractivity (Wildman–Crippen MR) is 195 cm³/mol. The molecule has 2 fully saturated rings. The van der Waals surface area contributed by atoms with Crippen LogP contribution >= 0.6 is 23.5 Å². The maximum atomic E-state index is 13.6. The number of carbonyl (C=O) groups excluding carboxylic acids is 4. The van der Waals surface area contributed by atoms with Crippen molar-refractivity contribution in [3.63, 3.8) is 0 Å². The molecule has 2 aliphatic rings. The van der Waals surface area contributed by atoms with Gasteiger partial charge in [0.1, 0.15) is 42.7 Å². The predicted octanol–water partition coefficient (Wildman–Crippen LogP) is 5.93. The number of aliphatic hydroxyl groups is 2. The molecule has 264 valence electrons. The highest BCUT2D eigenvalue weighted by Crippen LogP contribution is 2.41. The number of ether oxygens (including phenoxy) is 3. The second kappa shape index (κ2) is 16.0. The maximum Gasteiger partial charge on any atom is 0.293 e. The van der Waals surface area contributed by atoms with E-state index in [1.807, 2.05) is 43.3 Å².